The van der Waals surface area contributed by atoms with E-state index in [9.17, 15) is 0 Å². The van der Waals surface area contributed by atoms with Crippen LogP contribution in [0.15, 0.2) is 12.3 Å². The van der Waals surface area contributed by atoms with Crippen molar-refractivity contribution >= 4 is 0 Å². The predicted octanol–water partition coefficient (Wildman–Crippen LogP) is 1.62. The standard InChI is InChI=1S/C13H18N2O/c1-2-10(7-14-4-1)11-6-12-9-16-5-3-13(12)15-8-11/h6,8,10,14H,1-5,7,9H2. The molecule has 1 fully saturated rings. The van der Waals surface area contributed by atoms with E-state index in [4.69, 9.17) is 4.74 Å². The number of hydrogen-bond donors (Lipinski definition) is 1. The normalized spacial score (nSPS) is 25.1. The molecule has 1 atom stereocenters. The van der Waals surface area contributed by atoms with Crippen molar-refractivity contribution in [2.45, 2.75) is 31.8 Å². The number of nitrogens with one attached hydrogen (secondary N) is 1. The highest BCUT2D eigenvalue weighted by Crippen LogP contribution is 2.25. The van der Waals surface area contributed by atoms with Crippen molar-refractivity contribution in [1.82, 2.24) is 10.3 Å². The number of pyridine rings is 1. The molecule has 1 unspecified atom stereocenters. The zero-order valence-electron chi connectivity index (χ0n) is 9.54. The van der Waals surface area contributed by atoms with Crippen LogP contribution in [-0.2, 0) is 17.8 Å². The Bertz CT molecular complexity index is 372. The van der Waals surface area contributed by atoms with E-state index in [2.05, 4.69) is 22.6 Å². The Morgan fingerprint density at radius 2 is 2.44 bits per heavy atom. The molecule has 1 aromatic rings. The minimum atomic E-state index is 0.647. The summed E-state index contributed by atoms with van der Waals surface area (Å²) >= 11 is 0. The molecule has 0 saturated carbocycles. The maximum absolute atomic E-state index is 5.48. The fourth-order valence-corrected chi connectivity index (χ4v) is 2.62. The fourth-order valence-electron chi connectivity index (χ4n) is 2.62. The lowest BCUT2D eigenvalue weighted by atomic mass is 9.91. The van der Waals surface area contributed by atoms with E-state index in [1.165, 1.54) is 29.7 Å². The Morgan fingerprint density at radius 3 is 3.31 bits per heavy atom. The van der Waals surface area contributed by atoms with Crippen LogP contribution in [0.1, 0.15) is 35.6 Å². The van der Waals surface area contributed by atoms with Crippen LogP contribution in [0.3, 0.4) is 0 Å². The van der Waals surface area contributed by atoms with E-state index in [1.54, 1.807) is 0 Å². The van der Waals surface area contributed by atoms with Crippen LogP contribution in [0, 0.1) is 0 Å². The summed E-state index contributed by atoms with van der Waals surface area (Å²) in [7, 11) is 0. The third-order valence-electron chi connectivity index (χ3n) is 3.59. The highest BCUT2D eigenvalue weighted by molar-refractivity contribution is 5.28. The summed E-state index contributed by atoms with van der Waals surface area (Å²) < 4.78 is 5.48. The molecule has 0 bridgehead atoms. The summed E-state index contributed by atoms with van der Waals surface area (Å²) in [4.78, 5) is 4.59. The van der Waals surface area contributed by atoms with Gasteiger partial charge < -0.3 is 10.1 Å². The molecule has 0 spiro atoms. The number of hydrogen-bond acceptors (Lipinski definition) is 3. The smallest absolute Gasteiger partial charge is 0.0734 e. The molecule has 1 N–H and O–H groups in total. The van der Waals surface area contributed by atoms with Crippen LogP contribution in [0.25, 0.3) is 0 Å². The third kappa shape index (κ3) is 1.97. The summed E-state index contributed by atoms with van der Waals surface area (Å²) in [5.41, 5.74) is 3.92. The monoisotopic (exact) mass is 218 g/mol. The number of rotatable bonds is 1. The second kappa shape index (κ2) is 4.52. The Morgan fingerprint density at radius 1 is 1.44 bits per heavy atom. The largest absolute Gasteiger partial charge is 0.376 e. The summed E-state index contributed by atoms with van der Waals surface area (Å²) in [6, 6.07) is 2.30. The molecule has 3 heterocycles. The zero-order valence-corrected chi connectivity index (χ0v) is 9.54. The van der Waals surface area contributed by atoms with Gasteiger partial charge in [0, 0.05) is 24.9 Å². The lowest BCUT2D eigenvalue weighted by Gasteiger charge is -2.24. The first-order chi connectivity index (χ1) is 7.93. The molecule has 16 heavy (non-hydrogen) atoms. The number of piperidine rings is 1. The molecule has 2 aliphatic heterocycles. The second-order valence-electron chi connectivity index (χ2n) is 4.72. The van der Waals surface area contributed by atoms with Crippen molar-refractivity contribution in [1.29, 1.82) is 0 Å². The lowest BCUT2D eigenvalue weighted by Crippen LogP contribution is -2.28. The van der Waals surface area contributed by atoms with Gasteiger partial charge in [-0.25, -0.2) is 0 Å². The topological polar surface area (TPSA) is 34.2 Å². The van der Waals surface area contributed by atoms with Crippen LogP contribution < -0.4 is 5.32 Å². The van der Waals surface area contributed by atoms with Crippen LogP contribution in [0.2, 0.25) is 0 Å². The number of fused-ring (bicyclic) bond motifs is 1. The molecule has 0 radical (unpaired) electrons. The van der Waals surface area contributed by atoms with E-state index in [-0.39, 0.29) is 0 Å². The molecule has 86 valence electrons. The second-order valence-corrected chi connectivity index (χ2v) is 4.72. The van der Waals surface area contributed by atoms with E-state index in [0.717, 1.165) is 32.7 Å². The van der Waals surface area contributed by atoms with E-state index >= 15 is 0 Å². The van der Waals surface area contributed by atoms with Crippen LogP contribution >= 0.6 is 0 Å². The summed E-state index contributed by atoms with van der Waals surface area (Å²) in [6.45, 7) is 3.83. The van der Waals surface area contributed by atoms with Gasteiger partial charge in [0.15, 0.2) is 0 Å². The Hall–Kier alpha value is -0.930. The molecule has 3 rings (SSSR count). The molecule has 2 aliphatic rings. The Labute approximate surface area is 96.2 Å². The molecule has 1 aromatic heterocycles. The van der Waals surface area contributed by atoms with Gasteiger partial charge in [0.05, 0.1) is 13.2 Å². The van der Waals surface area contributed by atoms with E-state index < -0.39 is 0 Å². The lowest BCUT2D eigenvalue weighted by molar-refractivity contribution is 0.109. The maximum atomic E-state index is 5.48. The van der Waals surface area contributed by atoms with Gasteiger partial charge in [-0.2, -0.15) is 0 Å². The van der Waals surface area contributed by atoms with Gasteiger partial charge in [0.2, 0.25) is 0 Å². The first kappa shape index (κ1) is 10.2. The maximum Gasteiger partial charge on any atom is 0.0734 e. The molecular formula is C13H18N2O. The minimum Gasteiger partial charge on any atom is -0.376 e. The van der Waals surface area contributed by atoms with Crippen molar-refractivity contribution in [3.8, 4) is 0 Å². The minimum absolute atomic E-state index is 0.647. The molecule has 1 saturated heterocycles. The highest BCUT2D eigenvalue weighted by atomic mass is 16.5. The summed E-state index contributed by atoms with van der Waals surface area (Å²) in [5, 5.41) is 3.45. The molecule has 3 heteroatoms. The number of ether oxygens (including phenoxy) is 1. The van der Waals surface area contributed by atoms with Crippen LogP contribution in [-0.4, -0.2) is 24.7 Å². The van der Waals surface area contributed by atoms with Crippen molar-refractivity contribution in [2.24, 2.45) is 0 Å². The van der Waals surface area contributed by atoms with Gasteiger partial charge >= 0.3 is 0 Å². The molecule has 0 aliphatic carbocycles. The van der Waals surface area contributed by atoms with Crippen molar-refractivity contribution in [3.05, 3.63) is 29.1 Å². The van der Waals surface area contributed by atoms with E-state index in [0.29, 0.717) is 5.92 Å². The van der Waals surface area contributed by atoms with Gasteiger partial charge in [0.25, 0.3) is 0 Å². The average molecular weight is 218 g/mol. The quantitative estimate of drug-likeness (QED) is 0.777. The van der Waals surface area contributed by atoms with Gasteiger partial charge in [-0.05, 0) is 42.5 Å². The van der Waals surface area contributed by atoms with Crippen molar-refractivity contribution < 1.29 is 4.74 Å². The summed E-state index contributed by atoms with van der Waals surface area (Å²) in [6.07, 6.45) is 5.60. The molecular weight excluding hydrogens is 200 g/mol. The first-order valence-electron chi connectivity index (χ1n) is 6.19. The Balaban J connectivity index is 1.84. The third-order valence-corrected chi connectivity index (χ3v) is 3.59. The van der Waals surface area contributed by atoms with Crippen LogP contribution in [0.5, 0.6) is 0 Å². The van der Waals surface area contributed by atoms with Gasteiger partial charge in [0.1, 0.15) is 0 Å². The highest BCUT2D eigenvalue weighted by Gasteiger charge is 2.18. The fraction of sp³-hybridized carbons (Fsp3) is 0.615. The number of aromatic nitrogens is 1. The zero-order chi connectivity index (χ0) is 10.8. The molecule has 0 aromatic carbocycles. The SMILES string of the molecule is c1nc2c(cc1C1CCCNC1)COCC2. The van der Waals surface area contributed by atoms with Gasteiger partial charge in [-0.1, -0.05) is 0 Å². The van der Waals surface area contributed by atoms with Crippen molar-refractivity contribution in [2.75, 3.05) is 19.7 Å². The van der Waals surface area contributed by atoms with Gasteiger partial charge in [-0.3, -0.25) is 4.98 Å². The first-order valence-corrected chi connectivity index (χ1v) is 6.19. The average Bonchev–Trinajstić information content (AvgIpc) is 2.39. The number of nitrogens with zero attached hydrogens (tertiary/aromatic N) is 1. The Kier molecular flexibility index (Phi) is 2.89. The van der Waals surface area contributed by atoms with Gasteiger partial charge in [-0.15, -0.1) is 0 Å². The molecule has 0 amide bonds. The van der Waals surface area contributed by atoms with E-state index in [1.807, 2.05) is 0 Å². The summed E-state index contributed by atoms with van der Waals surface area (Å²) in [5.74, 6) is 0.647. The van der Waals surface area contributed by atoms with Crippen LogP contribution in [0.4, 0.5) is 0 Å². The molecule has 3 nitrogen and oxygen atoms in total. The predicted molar refractivity (Wildman–Crippen MR) is 62.4 cm³/mol. The van der Waals surface area contributed by atoms with Crippen molar-refractivity contribution in [3.63, 3.8) is 0 Å².